The van der Waals surface area contributed by atoms with Gasteiger partial charge in [0.05, 0.1) is 13.2 Å². The van der Waals surface area contributed by atoms with E-state index in [4.69, 9.17) is 9.47 Å². The van der Waals surface area contributed by atoms with Gasteiger partial charge in [0.25, 0.3) is 0 Å². The average molecular weight is 359 g/mol. The van der Waals surface area contributed by atoms with E-state index in [9.17, 15) is 4.55 Å². The van der Waals surface area contributed by atoms with Gasteiger partial charge in [0.1, 0.15) is 0 Å². The van der Waals surface area contributed by atoms with Gasteiger partial charge in [-0.2, -0.15) is 0 Å². The molecule has 0 aromatic carbocycles. The highest BCUT2D eigenvalue weighted by atomic mass is 32.2. The summed E-state index contributed by atoms with van der Waals surface area (Å²) in [6.45, 7) is 10.5. The summed E-state index contributed by atoms with van der Waals surface area (Å²) >= 11 is -0.994. The molecule has 0 spiro atoms. The first kappa shape index (κ1) is 29.0. The number of hydrogen-bond donors (Lipinski definition) is 0. The summed E-state index contributed by atoms with van der Waals surface area (Å²) < 4.78 is 22.5. The Morgan fingerprint density at radius 2 is 1.04 bits per heavy atom. The Morgan fingerprint density at radius 3 is 1.38 bits per heavy atom. The molecule has 0 N–H and O–H groups in total. The summed E-state index contributed by atoms with van der Waals surface area (Å²) in [7, 11) is 0. The lowest BCUT2D eigenvalue weighted by Gasteiger charge is -2.11. The zero-order valence-corrected chi connectivity index (χ0v) is 17.1. The van der Waals surface area contributed by atoms with Crippen LogP contribution in [0.1, 0.15) is 79.1 Å². The molecule has 0 aliphatic rings. The Hall–Kier alpha value is 0.230. The molecule has 3 nitrogen and oxygen atoms in total. The van der Waals surface area contributed by atoms with Crippen LogP contribution in [0.4, 0.5) is 0 Å². The van der Waals surface area contributed by atoms with Crippen molar-refractivity contribution in [1.29, 1.82) is 0 Å². The van der Waals surface area contributed by atoms with Gasteiger partial charge in [-0.25, -0.2) is 0 Å². The lowest BCUT2D eigenvalue weighted by Crippen LogP contribution is -2.17. The van der Waals surface area contributed by atoms with Crippen LogP contribution >= 0.6 is 0 Å². The predicted octanol–water partition coefficient (Wildman–Crippen LogP) is 5.28. The second kappa shape index (κ2) is 21.3. The minimum Gasteiger partial charge on any atom is -0.613 e. The Bertz CT molecular complexity index is 201. The van der Waals surface area contributed by atoms with E-state index in [1.54, 1.807) is 0 Å². The highest BCUT2D eigenvalue weighted by Gasteiger charge is 2.06. The summed E-state index contributed by atoms with van der Waals surface area (Å²) in [4.78, 5) is 0. The molecular weight excluding hydrogens is 320 g/mol. The van der Waals surface area contributed by atoms with Gasteiger partial charge in [0.15, 0.2) is 0 Å². The van der Waals surface area contributed by atoms with Crippen LogP contribution in [0.5, 0.6) is 0 Å². The molecule has 0 saturated carbocycles. The molecule has 0 aliphatic carbocycles. The van der Waals surface area contributed by atoms with Gasteiger partial charge in [0, 0.05) is 26.0 Å². The Morgan fingerprint density at radius 1 is 0.667 bits per heavy atom. The molecule has 0 saturated heterocycles. The fourth-order valence-corrected chi connectivity index (χ4v) is 2.88. The van der Waals surface area contributed by atoms with E-state index in [1.165, 1.54) is 38.5 Å². The SMILES string of the molecule is CC(C)CCCCCOC[S+]([O-])COCCCCCC(C)C.[C].[C]. The molecule has 0 amide bonds. The van der Waals surface area contributed by atoms with Crippen LogP contribution in [0.25, 0.3) is 0 Å². The van der Waals surface area contributed by atoms with Crippen molar-refractivity contribution < 1.29 is 14.0 Å². The van der Waals surface area contributed by atoms with Gasteiger partial charge >= 0.3 is 0 Å². The van der Waals surface area contributed by atoms with E-state index < -0.39 is 11.2 Å². The lowest BCUT2D eigenvalue weighted by molar-refractivity contribution is 0.151. The molecule has 0 rings (SSSR count). The predicted molar refractivity (Wildman–Crippen MR) is 103 cm³/mol. The highest BCUT2D eigenvalue weighted by Crippen LogP contribution is 2.09. The van der Waals surface area contributed by atoms with Gasteiger partial charge in [-0.3, -0.25) is 0 Å². The molecule has 4 heteroatoms. The first-order valence-corrected chi connectivity index (χ1v) is 10.5. The van der Waals surface area contributed by atoms with E-state index in [-0.39, 0.29) is 14.9 Å². The van der Waals surface area contributed by atoms with Crippen molar-refractivity contribution >= 4 is 11.2 Å². The van der Waals surface area contributed by atoms with E-state index >= 15 is 0 Å². The lowest BCUT2D eigenvalue weighted by atomic mass is 10.1. The minimum atomic E-state index is -0.994. The Kier molecular flexibility index (Phi) is 25.7. The molecule has 0 heterocycles. The van der Waals surface area contributed by atoms with Crippen molar-refractivity contribution in [3.63, 3.8) is 0 Å². The largest absolute Gasteiger partial charge is 0.613 e. The van der Waals surface area contributed by atoms with Gasteiger partial charge in [-0.15, -0.1) is 0 Å². The van der Waals surface area contributed by atoms with Crippen LogP contribution in [0.3, 0.4) is 0 Å². The van der Waals surface area contributed by atoms with Crippen molar-refractivity contribution in [2.75, 3.05) is 25.1 Å². The third kappa shape index (κ3) is 24.5. The van der Waals surface area contributed by atoms with Gasteiger partial charge in [-0.05, 0) is 24.7 Å². The van der Waals surface area contributed by atoms with Gasteiger partial charge < -0.3 is 14.0 Å². The average Bonchev–Trinajstić information content (AvgIpc) is 2.44. The normalized spacial score (nSPS) is 11.0. The first-order valence-electron chi connectivity index (χ1n) is 9.02. The molecule has 142 valence electrons. The third-order valence-electron chi connectivity index (χ3n) is 3.57. The standard InChI is InChI=1S/C18H38O3S.2C/c1-17(2)11-7-5-9-13-20-15-22(19)16-21-14-10-6-8-12-18(3)4;;/h17-18H,5-16H2,1-4H3;;. The summed E-state index contributed by atoms with van der Waals surface area (Å²) in [6.07, 6.45) is 9.67. The van der Waals surface area contributed by atoms with E-state index in [1.807, 2.05) is 0 Å². The molecule has 0 bridgehead atoms. The number of hydrogen-bond acceptors (Lipinski definition) is 3. The van der Waals surface area contributed by atoms with Gasteiger partial charge in [0.2, 0.25) is 11.9 Å². The zero-order valence-electron chi connectivity index (χ0n) is 16.3. The van der Waals surface area contributed by atoms with Crippen molar-refractivity contribution in [2.45, 2.75) is 79.1 Å². The van der Waals surface area contributed by atoms with Crippen molar-refractivity contribution in [3.05, 3.63) is 14.9 Å². The van der Waals surface area contributed by atoms with E-state index in [2.05, 4.69) is 27.7 Å². The number of ether oxygens (including phenoxy) is 2. The molecule has 0 unspecified atom stereocenters. The monoisotopic (exact) mass is 358 g/mol. The molecule has 8 radical (unpaired) electrons. The number of rotatable bonds is 16. The smallest absolute Gasteiger partial charge is 0.207 e. The van der Waals surface area contributed by atoms with Gasteiger partial charge in [-0.1, -0.05) is 66.2 Å². The van der Waals surface area contributed by atoms with Crippen LogP contribution in [-0.4, -0.2) is 29.6 Å². The summed E-state index contributed by atoms with van der Waals surface area (Å²) in [5, 5.41) is 0. The molecule has 24 heavy (non-hydrogen) atoms. The fourth-order valence-electron chi connectivity index (χ4n) is 2.20. The topological polar surface area (TPSA) is 41.5 Å². The number of unbranched alkanes of at least 4 members (excludes halogenated alkanes) is 4. The summed E-state index contributed by atoms with van der Waals surface area (Å²) in [5.74, 6) is 2.21. The Labute approximate surface area is 156 Å². The maximum absolute atomic E-state index is 11.7. The molecule has 0 fully saturated rings. The van der Waals surface area contributed by atoms with Crippen molar-refractivity contribution in [1.82, 2.24) is 0 Å². The van der Waals surface area contributed by atoms with Crippen LogP contribution in [0.15, 0.2) is 0 Å². The quantitative estimate of drug-likeness (QED) is 0.278. The maximum atomic E-state index is 11.7. The third-order valence-corrected chi connectivity index (χ3v) is 4.43. The first-order chi connectivity index (χ1) is 10.5. The fraction of sp³-hybridized carbons (Fsp3) is 0.900. The zero-order chi connectivity index (χ0) is 16.6. The van der Waals surface area contributed by atoms with Crippen molar-refractivity contribution in [3.8, 4) is 0 Å². The Balaban J connectivity index is -0.00000220. The van der Waals surface area contributed by atoms with Crippen molar-refractivity contribution in [2.24, 2.45) is 11.8 Å². The van der Waals surface area contributed by atoms with Crippen LogP contribution in [-0.2, 0) is 20.6 Å². The second-order valence-electron chi connectivity index (χ2n) is 6.98. The molecular formula is C20H38O3S. The van der Waals surface area contributed by atoms with Crippen LogP contribution in [0.2, 0.25) is 0 Å². The van der Waals surface area contributed by atoms with E-state index in [0.717, 1.165) is 37.9 Å². The van der Waals surface area contributed by atoms with E-state index in [0.29, 0.717) is 11.9 Å². The second-order valence-corrected chi connectivity index (χ2v) is 8.33. The summed E-state index contributed by atoms with van der Waals surface area (Å²) in [5.41, 5.74) is 0. The minimum absolute atomic E-state index is 0. The molecule has 0 aliphatic heterocycles. The maximum Gasteiger partial charge on any atom is 0.207 e. The molecule has 0 aromatic rings. The highest BCUT2D eigenvalue weighted by molar-refractivity contribution is 7.91. The molecule has 0 aromatic heterocycles. The summed E-state index contributed by atoms with van der Waals surface area (Å²) in [6, 6.07) is 0. The molecule has 0 atom stereocenters. The van der Waals surface area contributed by atoms with Crippen LogP contribution < -0.4 is 0 Å². The van der Waals surface area contributed by atoms with Crippen LogP contribution in [0, 0.1) is 26.7 Å².